The highest BCUT2D eigenvalue weighted by atomic mass is 16.2. The van der Waals surface area contributed by atoms with E-state index in [-0.39, 0.29) is 38.6 Å². The number of carbonyl (C=O) groups is 6. The van der Waals surface area contributed by atoms with Gasteiger partial charge in [-0.05, 0) is 79.1 Å². The number of H-pyrrole nitrogens is 1. The van der Waals surface area contributed by atoms with E-state index in [1.165, 1.54) is 0 Å². The van der Waals surface area contributed by atoms with Crippen LogP contribution in [0.2, 0.25) is 0 Å². The van der Waals surface area contributed by atoms with Gasteiger partial charge < -0.3 is 54.5 Å². The summed E-state index contributed by atoms with van der Waals surface area (Å²) in [4.78, 5) is 88.4. The van der Waals surface area contributed by atoms with E-state index in [9.17, 15) is 28.8 Å². The van der Waals surface area contributed by atoms with Gasteiger partial charge in [-0.15, -0.1) is 0 Å². The van der Waals surface area contributed by atoms with E-state index in [1.54, 1.807) is 6.20 Å². The van der Waals surface area contributed by atoms with Crippen LogP contribution in [0.4, 0.5) is 0 Å². The van der Waals surface area contributed by atoms with Gasteiger partial charge in [0.1, 0.15) is 30.2 Å². The predicted octanol–water partition coefficient (Wildman–Crippen LogP) is 2.94. The Hall–Kier alpha value is -7.66. The van der Waals surface area contributed by atoms with Crippen LogP contribution in [0.15, 0.2) is 152 Å². The third-order valence-electron chi connectivity index (χ3n) is 12.5. The first-order chi connectivity index (χ1) is 34.4. The lowest BCUT2D eigenvalue weighted by Gasteiger charge is -2.29. The molecule has 1 aromatic heterocycles. The summed E-state index contributed by atoms with van der Waals surface area (Å²) < 4.78 is 0. The van der Waals surface area contributed by atoms with Crippen molar-refractivity contribution in [1.82, 2.24) is 31.6 Å². The van der Waals surface area contributed by atoms with Crippen molar-refractivity contribution in [3.63, 3.8) is 0 Å². The Bertz CT molecular complexity index is 2650. The van der Waals surface area contributed by atoms with Crippen LogP contribution >= 0.6 is 0 Å². The molecule has 6 amide bonds. The van der Waals surface area contributed by atoms with E-state index in [2.05, 4.69) is 31.6 Å². The number of primary amides is 1. The quantitative estimate of drug-likeness (QED) is 0.0340. The molecule has 71 heavy (non-hydrogen) atoms. The summed E-state index contributed by atoms with van der Waals surface area (Å²) in [5, 5.41) is 15.2. The van der Waals surface area contributed by atoms with E-state index >= 15 is 0 Å². The molecule has 372 valence electrons. The predicted molar refractivity (Wildman–Crippen MR) is 275 cm³/mol. The second kappa shape index (κ2) is 26.9. The number of nitrogens with one attached hydrogen (secondary N) is 6. The van der Waals surface area contributed by atoms with E-state index in [4.69, 9.17) is 22.9 Å². The summed E-state index contributed by atoms with van der Waals surface area (Å²) in [5.74, 6) is -4.57. The lowest BCUT2D eigenvalue weighted by atomic mass is 9.87. The van der Waals surface area contributed by atoms with Gasteiger partial charge in [0.05, 0.1) is 6.04 Å². The van der Waals surface area contributed by atoms with Crippen LogP contribution in [0.3, 0.4) is 0 Å². The molecule has 0 spiro atoms. The molecule has 0 aliphatic heterocycles. The zero-order valence-electron chi connectivity index (χ0n) is 39.8. The van der Waals surface area contributed by atoms with Crippen LogP contribution in [0, 0.1) is 0 Å². The van der Waals surface area contributed by atoms with E-state index in [0.29, 0.717) is 36.9 Å². The minimum atomic E-state index is -1.29. The van der Waals surface area contributed by atoms with E-state index in [1.807, 2.05) is 146 Å². The summed E-state index contributed by atoms with van der Waals surface area (Å²) >= 11 is 0. The number of hydrogen-bond donors (Lipinski definition) is 10. The molecule has 0 bridgehead atoms. The molecule has 1 unspecified atom stereocenters. The van der Waals surface area contributed by atoms with Crippen LogP contribution < -0.4 is 49.5 Å². The Morgan fingerprint density at radius 1 is 0.465 bits per heavy atom. The number of unbranched alkanes of at least 4 members (excludes halogenated alkanes) is 1. The summed E-state index contributed by atoms with van der Waals surface area (Å²) in [5.41, 5.74) is 28.7. The van der Waals surface area contributed by atoms with Crippen molar-refractivity contribution in [3.05, 3.63) is 180 Å². The zero-order chi connectivity index (χ0) is 50.5. The number of hydrogen-bond acceptors (Lipinski definition) is 9. The normalized spacial score (nSPS) is 14.1. The highest BCUT2D eigenvalue weighted by Crippen LogP contribution is 2.24. The molecule has 0 saturated heterocycles. The highest BCUT2D eigenvalue weighted by molar-refractivity contribution is 5.97. The molecule has 0 saturated carbocycles. The fourth-order valence-corrected chi connectivity index (χ4v) is 8.70. The number of aromatic amines is 1. The first-order valence-electron chi connectivity index (χ1n) is 24.1. The largest absolute Gasteiger partial charge is 0.368 e. The summed E-state index contributed by atoms with van der Waals surface area (Å²) in [7, 11) is 0. The number of amides is 6. The topological polar surface area (TPSA) is 282 Å². The van der Waals surface area contributed by atoms with Gasteiger partial charge in [0, 0.05) is 42.3 Å². The third-order valence-corrected chi connectivity index (χ3v) is 12.5. The standard InChI is InChI=1S/C55H66N10O6/c56-29-16-15-27-45(52(68)65-49(50(59)66)42(28-30-57)39-23-11-4-12-24-39)61-55(71)48(34-40-35-60-44-26-14-13-25-41(40)44)64-54(70)47(33-38-21-9-3-10-22-38)63-53(69)46(32-37-19-7-2-8-20-37)62-51(67)43(58)31-36-17-5-1-6-18-36/h1-14,17-26,35,42-43,45-49,60H,15-16,27-34,56-58H2,(H2,59,66)(H,61,71)(H,62,67)(H,63,69)(H,64,70)(H,65,68)/t42?,43-,45+,46-,47-,48+,49-/m0/s1. The van der Waals surface area contributed by atoms with Gasteiger partial charge in [-0.1, -0.05) is 140 Å². The smallest absolute Gasteiger partial charge is 0.243 e. The average Bonchev–Trinajstić information content (AvgIpc) is 3.79. The van der Waals surface area contributed by atoms with Gasteiger partial charge in [-0.25, -0.2) is 0 Å². The molecule has 6 aromatic rings. The van der Waals surface area contributed by atoms with Gasteiger partial charge >= 0.3 is 0 Å². The molecule has 1 heterocycles. The second-order valence-electron chi connectivity index (χ2n) is 17.8. The number of rotatable bonds is 27. The molecule has 0 fully saturated rings. The maximum atomic E-state index is 14.9. The van der Waals surface area contributed by atoms with Crippen molar-refractivity contribution in [2.45, 2.75) is 93.5 Å². The molecule has 5 aromatic carbocycles. The minimum Gasteiger partial charge on any atom is -0.368 e. The second-order valence-corrected chi connectivity index (χ2v) is 17.8. The number of nitrogens with two attached hydrogens (primary N) is 4. The van der Waals surface area contributed by atoms with Crippen molar-refractivity contribution in [3.8, 4) is 0 Å². The van der Waals surface area contributed by atoms with Crippen LogP contribution in [0.25, 0.3) is 10.9 Å². The molecule has 16 heteroatoms. The number of aromatic nitrogens is 1. The number of benzene rings is 5. The van der Waals surface area contributed by atoms with Crippen molar-refractivity contribution >= 4 is 46.3 Å². The van der Waals surface area contributed by atoms with Crippen molar-refractivity contribution < 1.29 is 28.8 Å². The monoisotopic (exact) mass is 963 g/mol. The number of fused-ring (bicyclic) bond motifs is 1. The van der Waals surface area contributed by atoms with Gasteiger partial charge in [-0.3, -0.25) is 28.8 Å². The summed E-state index contributed by atoms with van der Waals surface area (Å²) in [6, 6.07) is 37.1. The van der Waals surface area contributed by atoms with Gasteiger partial charge in [0.15, 0.2) is 0 Å². The Morgan fingerprint density at radius 2 is 0.915 bits per heavy atom. The van der Waals surface area contributed by atoms with Crippen molar-refractivity contribution in [2.75, 3.05) is 13.1 Å². The van der Waals surface area contributed by atoms with Crippen LogP contribution in [0.5, 0.6) is 0 Å². The SMILES string of the molecule is NCCCC[C@@H](NC(=O)[C@@H](Cc1c[nH]c2ccccc12)NC(=O)[C@H](Cc1ccccc1)NC(=O)[C@H](Cc1ccccc1)NC(=O)[C@@H](N)Cc1ccccc1)C(=O)N[C@H](C(N)=O)C(CCN)c1ccccc1. The minimum absolute atomic E-state index is 0.0172. The molecular weight excluding hydrogens is 897 g/mol. The molecule has 7 atom stereocenters. The van der Waals surface area contributed by atoms with Gasteiger partial charge in [-0.2, -0.15) is 0 Å². The van der Waals surface area contributed by atoms with Crippen LogP contribution in [-0.2, 0) is 54.5 Å². The maximum Gasteiger partial charge on any atom is 0.243 e. The fourth-order valence-electron chi connectivity index (χ4n) is 8.70. The number of para-hydroxylation sites is 1. The fraction of sp³-hybridized carbons (Fsp3) is 0.309. The van der Waals surface area contributed by atoms with Crippen LogP contribution in [-0.4, -0.2) is 89.8 Å². The Kier molecular flexibility index (Phi) is 20.0. The van der Waals surface area contributed by atoms with E-state index in [0.717, 1.165) is 27.6 Å². The van der Waals surface area contributed by atoms with Gasteiger partial charge in [0.25, 0.3) is 0 Å². The van der Waals surface area contributed by atoms with Crippen molar-refractivity contribution in [2.24, 2.45) is 22.9 Å². The molecular formula is C55H66N10O6. The Morgan fingerprint density at radius 3 is 1.44 bits per heavy atom. The Balaban J connectivity index is 1.29. The molecule has 16 nitrogen and oxygen atoms in total. The highest BCUT2D eigenvalue weighted by Gasteiger charge is 2.35. The van der Waals surface area contributed by atoms with Crippen LogP contribution in [0.1, 0.15) is 59.4 Å². The summed E-state index contributed by atoms with van der Waals surface area (Å²) in [6.45, 7) is 0.547. The average molecular weight is 963 g/mol. The van der Waals surface area contributed by atoms with E-state index < -0.39 is 77.6 Å². The lowest BCUT2D eigenvalue weighted by molar-refractivity contribution is -0.135. The first-order valence-corrected chi connectivity index (χ1v) is 24.1. The zero-order valence-corrected chi connectivity index (χ0v) is 39.8. The molecule has 14 N–H and O–H groups in total. The molecule has 6 rings (SSSR count). The summed E-state index contributed by atoms with van der Waals surface area (Å²) in [6.07, 6.45) is 3.54. The molecule has 0 aliphatic carbocycles. The first kappa shape index (κ1) is 52.7. The van der Waals surface area contributed by atoms with Gasteiger partial charge in [0.2, 0.25) is 35.4 Å². The molecule has 0 radical (unpaired) electrons. The Labute approximate surface area is 414 Å². The number of carbonyl (C=O) groups excluding carboxylic acids is 6. The third kappa shape index (κ3) is 15.7. The maximum absolute atomic E-state index is 14.9. The molecule has 0 aliphatic rings. The lowest BCUT2D eigenvalue weighted by Crippen LogP contribution is -2.60. The van der Waals surface area contributed by atoms with Crippen molar-refractivity contribution in [1.29, 1.82) is 0 Å².